The van der Waals surface area contributed by atoms with E-state index in [9.17, 15) is 4.79 Å². The summed E-state index contributed by atoms with van der Waals surface area (Å²) in [5, 5.41) is 12.0. The Hall–Kier alpha value is -1.95. The molecule has 6 heteroatoms. The van der Waals surface area contributed by atoms with E-state index in [4.69, 9.17) is 5.11 Å². The molecule has 0 amide bonds. The fourth-order valence-corrected chi connectivity index (χ4v) is 2.09. The van der Waals surface area contributed by atoms with Gasteiger partial charge in [0.25, 0.3) is 0 Å². The summed E-state index contributed by atoms with van der Waals surface area (Å²) >= 11 is 3.41. The number of carboxylic acids is 1. The fourth-order valence-electron chi connectivity index (χ4n) is 1.64. The number of nitrogens with zero attached hydrogens (tertiary/aromatic N) is 2. The summed E-state index contributed by atoms with van der Waals surface area (Å²) in [5.41, 5.74) is 1.24. The highest BCUT2D eigenvalue weighted by atomic mass is 79.9. The van der Waals surface area contributed by atoms with Crippen molar-refractivity contribution >= 4 is 27.7 Å². The molecule has 0 bridgehead atoms. The molecule has 0 aliphatic carbocycles. The molecular weight excluding hydrogens is 310 g/mol. The van der Waals surface area contributed by atoms with Gasteiger partial charge in [-0.1, -0.05) is 28.1 Å². The number of carbonyl (C=O) groups is 1. The largest absolute Gasteiger partial charge is 0.477 e. The molecule has 2 N–H and O–H groups in total. The summed E-state index contributed by atoms with van der Waals surface area (Å²) in [5.74, 6) is -0.692. The van der Waals surface area contributed by atoms with Crippen molar-refractivity contribution in [2.45, 2.75) is 6.42 Å². The lowest BCUT2D eigenvalue weighted by molar-refractivity contribution is 0.0697. The number of aromatic carboxylic acids is 1. The Morgan fingerprint density at radius 3 is 3.00 bits per heavy atom. The molecule has 0 saturated heterocycles. The minimum Gasteiger partial charge on any atom is -0.477 e. The van der Waals surface area contributed by atoms with Crippen molar-refractivity contribution < 1.29 is 9.90 Å². The molecule has 2 rings (SSSR count). The van der Waals surface area contributed by atoms with Gasteiger partial charge in [-0.05, 0) is 24.1 Å². The topological polar surface area (TPSA) is 75.1 Å². The number of aromatic nitrogens is 2. The van der Waals surface area contributed by atoms with E-state index in [2.05, 4.69) is 31.2 Å². The van der Waals surface area contributed by atoms with E-state index in [0.717, 1.165) is 16.5 Å². The van der Waals surface area contributed by atoms with Crippen LogP contribution >= 0.6 is 15.9 Å². The van der Waals surface area contributed by atoms with Crippen LogP contribution in [0.4, 0.5) is 5.82 Å². The lowest BCUT2D eigenvalue weighted by Gasteiger charge is -2.07. The van der Waals surface area contributed by atoms with Crippen LogP contribution < -0.4 is 5.32 Å². The second-order valence-electron chi connectivity index (χ2n) is 3.90. The van der Waals surface area contributed by atoms with Gasteiger partial charge in [-0.25, -0.2) is 14.8 Å². The molecule has 19 heavy (non-hydrogen) atoms. The summed E-state index contributed by atoms with van der Waals surface area (Å²) < 4.78 is 1.03. The van der Waals surface area contributed by atoms with E-state index in [1.807, 2.05) is 24.3 Å². The lowest BCUT2D eigenvalue weighted by Crippen LogP contribution is -2.11. The number of nitrogens with one attached hydrogen (secondary N) is 1. The Labute approximate surface area is 118 Å². The highest BCUT2D eigenvalue weighted by Gasteiger charge is 2.10. The summed E-state index contributed by atoms with van der Waals surface area (Å²) in [6.07, 6.45) is 3.40. The first kappa shape index (κ1) is 13.5. The van der Waals surface area contributed by atoms with Gasteiger partial charge in [0, 0.05) is 17.2 Å². The molecular formula is C13H12BrN3O2. The Morgan fingerprint density at radius 2 is 2.26 bits per heavy atom. The average molecular weight is 322 g/mol. The van der Waals surface area contributed by atoms with Gasteiger partial charge >= 0.3 is 5.97 Å². The van der Waals surface area contributed by atoms with E-state index in [-0.39, 0.29) is 5.56 Å². The molecule has 0 aliphatic rings. The Bertz CT molecular complexity index is 590. The lowest BCUT2D eigenvalue weighted by atomic mass is 10.1. The van der Waals surface area contributed by atoms with Crippen molar-refractivity contribution in [2.75, 3.05) is 11.9 Å². The van der Waals surface area contributed by atoms with Crippen LogP contribution in [0.25, 0.3) is 0 Å². The Morgan fingerprint density at radius 1 is 1.42 bits per heavy atom. The zero-order valence-corrected chi connectivity index (χ0v) is 11.6. The predicted molar refractivity (Wildman–Crippen MR) is 75.3 cm³/mol. The van der Waals surface area contributed by atoms with E-state index in [1.165, 1.54) is 12.5 Å². The zero-order valence-electron chi connectivity index (χ0n) is 10.0. The molecule has 0 radical (unpaired) electrons. The summed E-state index contributed by atoms with van der Waals surface area (Å²) in [4.78, 5) is 18.6. The highest BCUT2D eigenvalue weighted by molar-refractivity contribution is 9.10. The van der Waals surface area contributed by atoms with E-state index in [0.29, 0.717) is 12.4 Å². The van der Waals surface area contributed by atoms with Crippen molar-refractivity contribution in [3.63, 3.8) is 0 Å². The SMILES string of the molecule is O=C(O)c1cncnc1NCCc1cccc(Br)c1. The number of rotatable bonds is 5. The average Bonchev–Trinajstić information content (AvgIpc) is 2.39. The molecule has 0 spiro atoms. The minimum atomic E-state index is -1.04. The van der Waals surface area contributed by atoms with Crippen molar-refractivity contribution in [3.8, 4) is 0 Å². The first-order valence-electron chi connectivity index (χ1n) is 5.68. The van der Waals surface area contributed by atoms with Gasteiger partial charge in [-0.15, -0.1) is 0 Å². The standard InChI is InChI=1S/C13H12BrN3O2/c14-10-3-1-2-9(6-10)4-5-16-12-11(13(18)19)7-15-8-17-12/h1-3,6-8H,4-5H2,(H,18,19)(H,15,16,17). The van der Waals surface area contributed by atoms with Crippen LogP contribution in [0.5, 0.6) is 0 Å². The molecule has 1 heterocycles. The van der Waals surface area contributed by atoms with Crippen LogP contribution in [-0.4, -0.2) is 27.6 Å². The van der Waals surface area contributed by atoms with E-state index < -0.39 is 5.97 Å². The normalized spacial score (nSPS) is 10.2. The van der Waals surface area contributed by atoms with Gasteiger partial charge in [-0.2, -0.15) is 0 Å². The molecule has 0 unspecified atom stereocenters. The third-order valence-electron chi connectivity index (χ3n) is 2.54. The van der Waals surface area contributed by atoms with Gasteiger partial charge in [0.2, 0.25) is 0 Å². The molecule has 0 fully saturated rings. The third-order valence-corrected chi connectivity index (χ3v) is 3.03. The summed E-state index contributed by atoms with van der Waals surface area (Å²) in [6, 6.07) is 7.97. The maximum absolute atomic E-state index is 11.0. The molecule has 0 aliphatic heterocycles. The monoisotopic (exact) mass is 321 g/mol. The molecule has 1 aromatic heterocycles. The van der Waals surface area contributed by atoms with E-state index >= 15 is 0 Å². The summed E-state index contributed by atoms with van der Waals surface area (Å²) in [7, 11) is 0. The van der Waals surface area contributed by atoms with Crippen LogP contribution in [-0.2, 0) is 6.42 Å². The van der Waals surface area contributed by atoms with Crippen molar-refractivity contribution in [1.82, 2.24) is 9.97 Å². The predicted octanol–water partition coefficient (Wildman–Crippen LogP) is 2.59. The van der Waals surface area contributed by atoms with Gasteiger partial charge < -0.3 is 10.4 Å². The second-order valence-corrected chi connectivity index (χ2v) is 4.81. The molecule has 1 aromatic carbocycles. The maximum atomic E-state index is 11.0. The number of hydrogen-bond acceptors (Lipinski definition) is 4. The van der Waals surface area contributed by atoms with Crippen LogP contribution in [0.1, 0.15) is 15.9 Å². The molecule has 2 aromatic rings. The quantitative estimate of drug-likeness (QED) is 0.885. The minimum absolute atomic E-state index is 0.0803. The van der Waals surface area contributed by atoms with Crippen LogP contribution in [0.3, 0.4) is 0 Å². The summed E-state index contributed by atoms with van der Waals surface area (Å²) in [6.45, 7) is 0.605. The van der Waals surface area contributed by atoms with Gasteiger partial charge in [-0.3, -0.25) is 0 Å². The number of benzene rings is 1. The third kappa shape index (κ3) is 3.75. The molecule has 5 nitrogen and oxygen atoms in total. The number of hydrogen-bond donors (Lipinski definition) is 2. The number of carboxylic acid groups (broad SMARTS) is 1. The second kappa shape index (κ2) is 6.29. The van der Waals surface area contributed by atoms with Crippen LogP contribution in [0, 0.1) is 0 Å². The molecule has 98 valence electrons. The fraction of sp³-hybridized carbons (Fsp3) is 0.154. The number of anilines is 1. The van der Waals surface area contributed by atoms with Gasteiger partial charge in [0.1, 0.15) is 17.7 Å². The smallest absolute Gasteiger partial charge is 0.341 e. The van der Waals surface area contributed by atoms with Crippen molar-refractivity contribution in [3.05, 3.63) is 52.4 Å². The molecule has 0 atom stereocenters. The first-order valence-corrected chi connectivity index (χ1v) is 6.48. The van der Waals surface area contributed by atoms with Gasteiger partial charge in [0.05, 0.1) is 0 Å². The van der Waals surface area contributed by atoms with Crippen LogP contribution in [0.2, 0.25) is 0 Å². The van der Waals surface area contributed by atoms with Gasteiger partial charge in [0.15, 0.2) is 0 Å². The number of halogens is 1. The van der Waals surface area contributed by atoms with Crippen molar-refractivity contribution in [1.29, 1.82) is 0 Å². The maximum Gasteiger partial charge on any atom is 0.341 e. The first-order chi connectivity index (χ1) is 9.16. The van der Waals surface area contributed by atoms with Crippen molar-refractivity contribution in [2.24, 2.45) is 0 Å². The van der Waals surface area contributed by atoms with Crippen LogP contribution in [0.15, 0.2) is 41.3 Å². The highest BCUT2D eigenvalue weighted by Crippen LogP contribution is 2.13. The Balaban J connectivity index is 1.98. The molecule has 0 saturated carbocycles. The zero-order chi connectivity index (χ0) is 13.7. The Kier molecular flexibility index (Phi) is 4.46. The van der Waals surface area contributed by atoms with E-state index in [1.54, 1.807) is 0 Å².